The lowest BCUT2D eigenvalue weighted by atomic mass is 9.95. The highest BCUT2D eigenvalue weighted by Crippen LogP contribution is 2.37. The molecule has 0 unspecified atom stereocenters. The number of aromatic nitrogens is 2. The highest BCUT2D eigenvalue weighted by Gasteiger charge is 2.32. The summed E-state index contributed by atoms with van der Waals surface area (Å²) in [6.45, 7) is 6.28. The summed E-state index contributed by atoms with van der Waals surface area (Å²) < 4.78 is 0. The fourth-order valence-electron chi connectivity index (χ4n) is 3.47. The highest BCUT2D eigenvalue weighted by atomic mass is 16.2. The van der Waals surface area contributed by atoms with E-state index in [1.165, 1.54) is 0 Å². The smallest absolute Gasteiger partial charge is 0.256 e. The fraction of sp³-hybridized carbons (Fsp3) is 0.150. The summed E-state index contributed by atoms with van der Waals surface area (Å²) in [6.07, 6.45) is 0. The zero-order valence-corrected chi connectivity index (χ0v) is 14.3. The Morgan fingerprint density at radius 3 is 3.00 bits per heavy atom. The Labute approximate surface area is 150 Å². The van der Waals surface area contributed by atoms with Gasteiger partial charge in [0.1, 0.15) is 0 Å². The standard InChI is InChI=1S/C20H17N5O/c1-11(8-21)9-25-10-16-14(4-5-17(22)19(16)20(25)26)13-3-6-18-15(7-13)12(2)23-24-18/h3-7H,1,9-10,22H2,2H3,(H,23,24). The van der Waals surface area contributed by atoms with Crippen LogP contribution in [-0.4, -0.2) is 27.5 Å². The average molecular weight is 343 g/mol. The lowest BCUT2D eigenvalue weighted by Gasteiger charge is -2.14. The number of amides is 1. The Hall–Kier alpha value is -3.59. The molecular formula is C20H17N5O. The van der Waals surface area contributed by atoms with Gasteiger partial charge in [0.15, 0.2) is 0 Å². The summed E-state index contributed by atoms with van der Waals surface area (Å²) in [6, 6.07) is 11.7. The van der Waals surface area contributed by atoms with E-state index in [2.05, 4.69) is 22.8 Å². The minimum absolute atomic E-state index is 0.156. The number of aromatic amines is 1. The van der Waals surface area contributed by atoms with Gasteiger partial charge in [0, 0.05) is 28.9 Å². The van der Waals surface area contributed by atoms with E-state index in [1.54, 1.807) is 11.0 Å². The number of nitrogens with zero attached hydrogens (tertiary/aromatic N) is 3. The van der Waals surface area contributed by atoms with Gasteiger partial charge >= 0.3 is 0 Å². The monoisotopic (exact) mass is 343 g/mol. The molecule has 3 N–H and O–H groups in total. The molecule has 0 atom stereocenters. The summed E-state index contributed by atoms with van der Waals surface area (Å²) in [5.74, 6) is -0.156. The Morgan fingerprint density at radius 1 is 1.42 bits per heavy atom. The molecule has 0 bridgehead atoms. The van der Waals surface area contributed by atoms with Crippen molar-refractivity contribution in [3.8, 4) is 17.2 Å². The van der Waals surface area contributed by atoms with Crippen molar-refractivity contribution in [3.63, 3.8) is 0 Å². The van der Waals surface area contributed by atoms with Gasteiger partial charge in [-0.05, 0) is 41.8 Å². The van der Waals surface area contributed by atoms with E-state index >= 15 is 0 Å². The molecule has 1 aliphatic heterocycles. The van der Waals surface area contributed by atoms with E-state index in [4.69, 9.17) is 11.0 Å². The molecule has 128 valence electrons. The Kier molecular flexibility index (Phi) is 3.51. The number of benzene rings is 2. The van der Waals surface area contributed by atoms with E-state index in [-0.39, 0.29) is 12.5 Å². The molecule has 3 aromatic rings. The number of hydrogen-bond acceptors (Lipinski definition) is 4. The van der Waals surface area contributed by atoms with Crippen molar-refractivity contribution in [2.45, 2.75) is 13.5 Å². The van der Waals surface area contributed by atoms with Crippen LogP contribution in [-0.2, 0) is 6.54 Å². The molecule has 6 nitrogen and oxygen atoms in total. The van der Waals surface area contributed by atoms with Crippen molar-refractivity contribution in [1.82, 2.24) is 15.1 Å². The summed E-state index contributed by atoms with van der Waals surface area (Å²) in [5.41, 5.74) is 12.2. The SMILES string of the molecule is C=C(C#N)CN1Cc2c(-c3ccc4n[nH]c(C)c4c3)ccc(N)c2C1=O. The molecule has 0 saturated carbocycles. The minimum Gasteiger partial charge on any atom is -0.398 e. The van der Waals surface area contributed by atoms with Gasteiger partial charge in [0.2, 0.25) is 0 Å². The van der Waals surface area contributed by atoms with Crippen LogP contribution in [0.2, 0.25) is 0 Å². The number of nitriles is 1. The molecule has 26 heavy (non-hydrogen) atoms. The number of H-pyrrole nitrogens is 1. The third-order valence-corrected chi connectivity index (χ3v) is 4.79. The predicted octanol–water partition coefficient (Wildman–Crippen LogP) is 3.16. The number of fused-ring (bicyclic) bond motifs is 2. The van der Waals surface area contributed by atoms with Crippen molar-refractivity contribution < 1.29 is 4.79 Å². The average Bonchev–Trinajstić information content (AvgIpc) is 3.16. The molecule has 0 saturated heterocycles. The maximum Gasteiger partial charge on any atom is 0.256 e. The summed E-state index contributed by atoms with van der Waals surface area (Å²) in [4.78, 5) is 14.4. The topological polar surface area (TPSA) is 98.8 Å². The first-order chi connectivity index (χ1) is 12.5. The maximum absolute atomic E-state index is 12.8. The Bertz CT molecular complexity index is 1120. The normalized spacial score (nSPS) is 13.1. The van der Waals surface area contributed by atoms with Gasteiger partial charge in [0.05, 0.1) is 23.7 Å². The van der Waals surface area contributed by atoms with Crippen LogP contribution in [0, 0.1) is 18.3 Å². The molecule has 0 spiro atoms. The van der Waals surface area contributed by atoms with Gasteiger partial charge in [-0.3, -0.25) is 9.89 Å². The van der Waals surface area contributed by atoms with Gasteiger partial charge in [-0.2, -0.15) is 10.4 Å². The van der Waals surface area contributed by atoms with Gasteiger partial charge in [-0.25, -0.2) is 0 Å². The number of nitrogen functional groups attached to an aromatic ring is 1. The first kappa shape index (κ1) is 15.9. The van der Waals surface area contributed by atoms with E-state index < -0.39 is 0 Å². The van der Waals surface area contributed by atoms with Crippen LogP contribution in [0.25, 0.3) is 22.0 Å². The van der Waals surface area contributed by atoms with E-state index in [0.717, 1.165) is 33.3 Å². The molecule has 6 heteroatoms. The largest absolute Gasteiger partial charge is 0.398 e. The first-order valence-electron chi connectivity index (χ1n) is 8.23. The quantitative estimate of drug-likeness (QED) is 0.563. The second-order valence-electron chi connectivity index (χ2n) is 6.51. The highest BCUT2D eigenvalue weighted by molar-refractivity contribution is 6.05. The lowest BCUT2D eigenvalue weighted by Crippen LogP contribution is -2.26. The Balaban J connectivity index is 1.83. The molecule has 0 aliphatic carbocycles. The van der Waals surface area contributed by atoms with Crippen molar-refractivity contribution in [2.24, 2.45) is 0 Å². The molecule has 0 radical (unpaired) electrons. The molecule has 2 heterocycles. The van der Waals surface area contributed by atoms with E-state index in [0.29, 0.717) is 23.4 Å². The molecule has 0 fully saturated rings. The van der Waals surface area contributed by atoms with Crippen LogP contribution in [0.5, 0.6) is 0 Å². The molecular weight excluding hydrogens is 326 g/mol. The van der Waals surface area contributed by atoms with Crippen LogP contribution in [0.1, 0.15) is 21.6 Å². The number of nitrogens with one attached hydrogen (secondary N) is 1. The van der Waals surface area contributed by atoms with Crippen LogP contribution < -0.4 is 5.73 Å². The third-order valence-electron chi connectivity index (χ3n) is 4.79. The number of carbonyl (C=O) groups is 1. The van der Waals surface area contributed by atoms with Crippen LogP contribution in [0.4, 0.5) is 5.69 Å². The first-order valence-corrected chi connectivity index (χ1v) is 8.23. The minimum atomic E-state index is -0.156. The summed E-state index contributed by atoms with van der Waals surface area (Å²) >= 11 is 0. The lowest BCUT2D eigenvalue weighted by molar-refractivity contribution is 0.0795. The number of rotatable bonds is 3. The second-order valence-corrected chi connectivity index (χ2v) is 6.51. The molecule has 2 aromatic carbocycles. The van der Waals surface area contributed by atoms with Crippen molar-refractivity contribution in [2.75, 3.05) is 12.3 Å². The summed E-state index contributed by atoms with van der Waals surface area (Å²) in [7, 11) is 0. The van der Waals surface area contributed by atoms with Crippen LogP contribution >= 0.6 is 0 Å². The second kappa shape index (κ2) is 5.74. The maximum atomic E-state index is 12.8. The number of nitrogens with two attached hydrogens (primary N) is 1. The molecule has 1 amide bonds. The zero-order chi connectivity index (χ0) is 18.4. The molecule has 1 aromatic heterocycles. The van der Waals surface area contributed by atoms with Crippen molar-refractivity contribution >= 4 is 22.5 Å². The van der Waals surface area contributed by atoms with Gasteiger partial charge in [-0.15, -0.1) is 0 Å². The molecule has 1 aliphatic rings. The number of hydrogen-bond donors (Lipinski definition) is 2. The molecule has 4 rings (SSSR count). The van der Waals surface area contributed by atoms with Crippen LogP contribution in [0.3, 0.4) is 0 Å². The Morgan fingerprint density at radius 2 is 2.23 bits per heavy atom. The van der Waals surface area contributed by atoms with Crippen LogP contribution in [0.15, 0.2) is 42.5 Å². The zero-order valence-electron chi connectivity index (χ0n) is 14.3. The van der Waals surface area contributed by atoms with E-state index in [9.17, 15) is 4.79 Å². The van der Waals surface area contributed by atoms with Crippen molar-refractivity contribution in [1.29, 1.82) is 5.26 Å². The number of anilines is 1. The predicted molar refractivity (Wildman–Crippen MR) is 100 cm³/mol. The number of carbonyl (C=O) groups excluding carboxylic acids is 1. The van der Waals surface area contributed by atoms with Gasteiger partial charge in [0.25, 0.3) is 5.91 Å². The van der Waals surface area contributed by atoms with Gasteiger partial charge < -0.3 is 10.6 Å². The number of aryl methyl sites for hydroxylation is 1. The van der Waals surface area contributed by atoms with E-state index in [1.807, 2.05) is 31.2 Å². The van der Waals surface area contributed by atoms with Gasteiger partial charge in [-0.1, -0.05) is 18.7 Å². The fourth-order valence-corrected chi connectivity index (χ4v) is 3.47. The third kappa shape index (κ3) is 2.33. The summed E-state index contributed by atoms with van der Waals surface area (Å²) in [5, 5.41) is 17.3. The van der Waals surface area contributed by atoms with Crippen molar-refractivity contribution in [3.05, 3.63) is 59.3 Å².